The number of alkyl halides is 3. The summed E-state index contributed by atoms with van der Waals surface area (Å²) >= 11 is 0. The van der Waals surface area contributed by atoms with Gasteiger partial charge in [0.15, 0.2) is 0 Å². The lowest BCUT2D eigenvalue weighted by Gasteiger charge is -2.26. The van der Waals surface area contributed by atoms with Gasteiger partial charge in [-0.25, -0.2) is 0 Å². The maximum atomic E-state index is 12.5. The van der Waals surface area contributed by atoms with Crippen LogP contribution in [0.2, 0.25) is 0 Å². The molecule has 2 rings (SSSR count). The molecule has 0 heterocycles. The van der Waals surface area contributed by atoms with Gasteiger partial charge in [-0.2, -0.15) is 13.2 Å². The minimum Gasteiger partial charge on any atom is -0.387 e. The molecule has 20 heavy (non-hydrogen) atoms. The molecule has 0 spiro atoms. The predicted molar refractivity (Wildman–Crippen MR) is 71.5 cm³/mol. The van der Waals surface area contributed by atoms with E-state index in [4.69, 9.17) is 0 Å². The lowest BCUT2D eigenvalue weighted by Crippen LogP contribution is -2.38. The monoisotopic (exact) mass is 287 g/mol. The van der Waals surface area contributed by atoms with Gasteiger partial charge in [0.1, 0.15) is 0 Å². The fourth-order valence-electron chi connectivity index (χ4n) is 2.31. The molecule has 1 aromatic carbocycles. The smallest absolute Gasteiger partial charge is 0.387 e. The number of hydrogen-bond acceptors (Lipinski definition) is 2. The second-order valence-electron chi connectivity index (χ2n) is 5.64. The summed E-state index contributed by atoms with van der Waals surface area (Å²) < 4.78 is 37.6. The number of rotatable bonds is 5. The Balaban J connectivity index is 2.04. The van der Waals surface area contributed by atoms with Crippen LogP contribution in [0, 0.1) is 13.8 Å². The van der Waals surface area contributed by atoms with Crippen LogP contribution >= 0.6 is 0 Å². The molecule has 2 nitrogen and oxygen atoms in total. The van der Waals surface area contributed by atoms with E-state index >= 15 is 0 Å². The van der Waals surface area contributed by atoms with E-state index in [0.29, 0.717) is 5.56 Å². The Hall–Kier alpha value is -1.07. The second kappa shape index (κ2) is 5.74. The molecular formula is C15H20F3NO. The number of hydrogen-bond donors (Lipinski definition) is 1. The summed E-state index contributed by atoms with van der Waals surface area (Å²) in [6.45, 7) is 2.98. The third-order valence-corrected chi connectivity index (χ3v) is 3.77. The van der Waals surface area contributed by atoms with Crippen molar-refractivity contribution in [2.75, 3.05) is 13.1 Å². The van der Waals surface area contributed by atoms with Gasteiger partial charge < -0.3 is 5.11 Å². The molecule has 112 valence electrons. The van der Waals surface area contributed by atoms with E-state index in [1.807, 2.05) is 26.0 Å². The first kappa shape index (κ1) is 15.3. The van der Waals surface area contributed by atoms with E-state index < -0.39 is 18.8 Å². The molecule has 5 heteroatoms. The number of nitrogens with zero attached hydrogens (tertiary/aromatic N) is 1. The number of halogens is 3. The highest BCUT2D eigenvalue weighted by atomic mass is 19.4. The zero-order valence-corrected chi connectivity index (χ0v) is 11.7. The number of aliphatic hydroxyl groups is 1. The molecule has 1 unspecified atom stereocenters. The predicted octanol–water partition coefficient (Wildman–Crippen LogP) is 3.36. The maximum Gasteiger partial charge on any atom is 0.401 e. The summed E-state index contributed by atoms with van der Waals surface area (Å²) in [4.78, 5) is 1.35. The van der Waals surface area contributed by atoms with Crippen LogP contribution in [-0.4, -0.2) is 35.3 Å². The van der Waals surface area contributed by atoms with Crippen LogP contribution in [0.3, 0.4) is 0 Å². The third kappa shape index (κ3) is 4.21. The summed E-state index contributed by atoms with van der Waals surface area (Å²) in [6, 6.07) is 5.49. The van der Waals surface area contributed by atoms with Crippen molar-refractivity contribution < 1.29 is 18.3 Å². The fraction of sp³-hybridized carbons (Fsp3) is 0.600. The van der Waals surface area contributed by atoms with Crippen molar-refractivity contribution in [1.29, 1.82) is 0 Å². The first-order chi connectivity index (χ1) is 9.26. The topological polar surface area (TPSA) is 23.5 Å². The van der Waals surface area contributed by atoms with Crippen LogP contribution in [0.5, 0.6) is 0 Å². The number of aliphatic hydroxyl groups excluding tert-OH is 1. The van der Waals surface area contributed by atoms with Crippen molar-refractivity contribution in [3.8, 4) is 0 Å². The van der Waals surface area contributed by atoms with E-state index in [9.17, 15) is 18.3 Å². The quantitative estimate of drug-likeness (QED) is 0.897. The highest BCUT2D eigenvalue weighted by molar-refractivity contribution is 5.31. The van der Waals surface area contributed by atoms with E-state index in [2.05, 4.69) is 0 Å². The van der Waals surface area contributed by atoms with Gasteiger partial charge in [0.25, 0.3) is 0 Å². The summed E-state index contributed by atoms with van der Waals surface area (Å²) in [5.74, 6) is 0. The van der Waals surface area contributed by atoms with Crippen molar-refractivity contribution in [2.45, 2.75) is 45.0 Å². The summed E-state index contributed by atoms with van der Waals surface area (Å²) in [5, 5.41) is 10.2. The van der Waals surface area contributed by atoms with E-state index in [0.717, 1.165) is 24.0 Å². The normalized spacial score (nSPS) is 17.6. The van der Waals surface area contributed by atoms with Gasteiger partial charge >= 0.3 is 6.18 Å². The van der Waals surface area contributed by atoms with Gasteiger partial charge in [-0.05, 0) is 43.4 Å². The standard InChI is InChI=1S/C15H20F3NO/c1-10-3-4-12(7-11(10)2)14(20)8-19(13-5-6-13)9-15(16,17)18/h3-4,7,13-14,20H,5-6,8-9H2,1-2H3. The summed E-state index contributed by atoms with van der Waals surface area (Å²) in [6.07, 6.45) is -3.52. The van der Waals surface area contributed by atoms with Gasteiger partial charge in [0.2, 0.25) is 0 Å². The molecule has 0 saturated heterocycles. The molecule has 0 radical (unpaired) electrons. The largest absolute Gasteiger partial charge is 0.401 e. The Morgan fingerprint density at radius 3 is 2.40 bits per heavy atom. The van der Waals surface area contributed by atoms with E-state index in [1.165, 1.54) is 4.90 Å². The highest BCUT2D eigenvalue weighted by Gasteiger charge is 2.38. The molecule has 1 aliphatic rings. The Morgan fingerprint density at radius 2 is 1.90 bits per heavy atom. The lowest BCUT2D eigenvalue weighted by atomic mass is 10.0. The van der Waals surface area contributed by atoms with Crippen LogP contribution in [-0.2, 0) is 0 Å². The summed E-state index contributed by atoms with van der Waals surface area (Å²) in [7, 11) is 0. The molecule has 0 aliphatic heterocycles. The van der Waals surface area contributed by atoms with Gasteiger partial charge in [-0.3, -0.25) is 4.90 Å². The Labute approximate surface area is 117 Å². The molecule has 1 saturated carbocycles. The zero-order valence-electron chi connectivity index (χ0n) is 11.7. The first-order valence-corrected chi connectivity index (χ1v) is 6.82. The molecule has 1 N–H and O–H groups in total. The lowest BCUT2D eigenvalue weighted by molar-refractivity contribution is -0.149. The summed E-state index contributed by atoms with van der Waals surface area (Å²) in [5.41, 5.74) is 2.83. The molecule has 1 aliphatic carbocycles. The minimum absolute atomic E-state index is 0.0298. The molecule has 0 amide bonds. The van der Waals surface area contributed by atoms with Crippen molar-refractivity contribution >= 4 is 0 Å². The zero-order chi connectivity index (χ0) is 14.9. The minimum atomic E-state index is -4.22. The van der Waals surface area contributed by atoms with Crippen LogP contribution in [0.15, 0.2) is 18.2 Å². The van der Waals surface area contributed by atoms with Crippen LogP contribution < -0.4 is 0 Å². The molecule has 1 atom stereocenters. The molecular weight excluding hydrogens is 267 g/mol. The average molecular weight is 287 g/mol. The average Bonchev–Trinajstić information content (AvgIpc) is 3.14. The van der Waals surface area contributed by atoms with E-state index in [-0.39, 0.29) is 12.6 Å². The second-order valence-corrected chi connectivity index (χ2v) is 5.64. The highest BCUT2D eigenvalue weighted by Crippen LogP contribution is 2.32. The SMILES string of the molecule is Cc1ccc(C(O)CN(CC(F)(F)F)C2CC2)cc1C. The molecule has 1 aromatic rings. The number of aryl methyl sites for hydroxylation is 2. The fourth-order valence-corrected chi connectivity index (χ4v) is 2.31. The van der Waals surface area contributed by atoms with E-state index in [1.54, 1.807) is 6.07 Å². The van der Waals surface area contributed by atoms with Crippen LogP contribution in [0.1, 0.15) is 35.6 Å². The Morgan fingerprint density at radius 1 is 1.25 bits per heavy atom. The van der Waals surface area contributed by atoms with Crippen molar-refractivity contribution in [3.63, 3.8) is 0 Å². The first-order valence-electron chi connectivity index (χ1n) is 6.82. The van der Waals surface area contributed by atoms with Gasteiger partial charge in [0, 0.05) is 12.6 Å². The van der Waals surface area contributed by atoms with Crippen molar-refractivity contribution in [1.82, 2.24) is 4.90 Å². The van der Waals surface area contributed by atoms with Gasteiger partial charge in [-0.1, -0.05) is 18.2 Å². The number of benzene rings is 1. The Kier molecular flexibility index (Phi) is 4.39. The van der Waals surface area contributed by atoms with Crippen LogP contribution in [0.4, 0.5) is 13.2 Å². The Bertz CT molecular complexity index is 469. The third-order valence-electron chi connectivity index (χ3n) is 3.77. The maximum absolute atomic E-state index is 12.5. The molecule has 0 bridgehead atoms. The molecule has 1 fully saturated rings. The van der Waals surface area contributed by atoms with Crippen molar-refractivity contribution in [3.05, 3.63) is 34.9 Å². The van der Waals surface area contributed by atoms with Gasteiger partial charge in [0.05, 0.1) is 12.6 Å². The van der Waals surface area contributed by atoms with Gasteiger partial charge in [-0.15, -0.1) is 0 Å². The molecule has 0 aromatic heterocycles. The van der Waals surface area contributed by atoms with Crippen LogP contribution in [0.25, 0.3) is 0 Å². The van der Waals surface area contributed by atoms with Crippen molar-refractivity contribution in [2.24, 2.45) is 0 Å².